The van der Waals surface area contributed by atoms with Gasteiger partial charge in [0, 0.05) is 42.1 Å². The number of ether oxygens (including phenoxy) is 8. The Hall–Kier alpha value is -6.69. The highest BCUT2D eigenvalue weighted by Crippen LogP contribution is 2.41. The van der Waals surface area contributed by atoms with E-state index >= 15 is 0 Å². The number of nitrogens with two attached hydrogens (primary N) is 1. The molecule has 5 heterocycles. The number of pyridine rings is 2. The Balaban J connectivity index is 0.999. The highest BCUT2D eigenvalue weighted by atomic mass is 16.7. The number of carbonyl (C=O) groups is 5. The van der Waals surface area contributed by atoms with Gasteiger partial charge in [0.25, 0.3) is 5.56 Å². The van der Waals surface area contributed by atoms with Gasteiger partial charge >= 0.3 is 12.1 Å². The lowest BCUT2D eigenvalue weighted by Crippen LogP contribution is -2.60. The van der Waals surface area contributed by atoms with E-state index in [0.29, 0.717) is 68.5 Å². The molecule has 2 aromatic heterocycles. The second-order valence-corrected chi connectivity index (χ2v) is 21.3. The average molecular weight is 1180 g/mol. The number of hydrogen-bond donors (Lipinski definition) is 9. The summed E-state index contributed by atoms with van der Waals surface area (Å²) < 4.78 is 46.0. The summed E-state index contributed by atoms with van der Waals surface area (Å²) in [6.45, 7) is 12.2. The first-order chi connectivity index (χ1) is 40.2. The fraction of sp³-hybridized carbons (Fsp3) is 0.569. The van der Waals surface area contributed by atoms with Crippen molar-refractivity contribution in [2.75, 3.05) is 77.9 Å². The number of nitrogens with zero attached hydrogens (tertiary/aromatic N) is 3. The molecule has 3 aliphatic rings. The third-order valence-electron chi connectivity index (χ3n) is 14.8. The zero-order valence-electron chi connectivity index (χ0n) is 48.2. The van der Waals surface area contributed by atoms with Crippen LogP contribution >= 0.6 is 0 Å². The van der Waals surface area contributed by atoms with Gasteiger partial charge in [-0.3, -0.25) is 19.2 Å². The van der Waals surface area contributed by atoms with E-state index in [1.54, 1.807) is 31.4 Å². The first-order valence-electron chi connectivity index (χ1n) is 28.2. The molecular formula is C58H79N7O19. The molecule has 2 aromatic carbocycles. The van der Waals surface area contributed by atoms with Crippen LogP contribution in [-0.4, -0.2) is 191 Å². The summed E-state index contributed by atoms with van der Waals surface area (Å²) in [5, 5.41) is 62.1. The number of aromatic nitrogens is 2. The molecule has 84 heavy (non-hydrogen) atoms. The van der Waals surface area contributed by atoms with Gasteiger partial charge in [-0.15, -0.1) is 0 Å². The molecule has 26 nitrogen and oxygen atoms in total. The monoisotopic (exact) mass is 1180 g/mol. The maximum atomic E-state index is 14.1. The third kappa shape index (κ3) is 15.4. The summed E-state index contributed by atoms with van der Waals surface area (Å²) in [5.41, 5.74) is 6.82. The van der Waals surface area contributed by atoms with Crippen molar-refractivity contribution in [3.05, 3.63) is 86.7 Å². The Kier molecular flexibility index (Phi) is 23.1. The molecule has 0 bridgehead atoms. The third-order valence-corrected chi connectivity index (χ3v) is 14.8. The van der Waals surface area contributed by atoms with Gasteiger partial charge in [-0.2, -0.15) is 0 Å². The molecule has 4 aromatic rings. The van der Waals surface area contributed by atoms with E-state index in [0.717, 1.165) is 16.5 Å². The Bertz CT molecular complexity index is 3010. The number of benzene rings is 2. The number of aliphatic hydroxyl groups is 5. The minimum Gasteiger partial charge on any atom is -0.460 e. The van der Waals surface area contributed by atoms with Crippen LogP contribution in [0.5, 0.6) is 5.75 Å². The van der Waals surface area contributed by atoms with Crippen LogP contribution in [0.15, 0.2) is 53.3 Å². The minimum atomic E-state index is -2.00. The van der Waals surface area contributed by atoms with Crippen molar-refractivity contribution >= 4 is 46.4 Å². The highest BCUT2D eigenvalue weighted by Gasteiger charge is 2.47. The van der Waals surface area contributed by atoms with Crippen LogP contribution in [0.4, 0.5) is 10.5 Å². The molecule has 0 aliphatic carbocycles. The van der Waals surface area contributed by atoms with Gasteiger partial charge in [-0.1, -0.05) is 45.0 Å². The second kappa shape index (κ2) is 29.9. The van der Waals surface area contributed by atoms with Gasteiger partial charge in [-0.05, 0) is 74.9 Å². The van der Waals surface area contributed by atoms with Gasteiger partial charge in [0.2, 0.25) is 24.0 Å². The molecule has 1 saturated heterocycles. The second-order valence-electron chi connectivity index (χ2n) is 21.3. The molecule has 460 valence electrons. The van der Waals surface area contributed by atoms with Gasteiger partial charge in [-0.25, -0.2) is 14.6 Å². The van der Waals surface area contributed by atoms with Crippen molar-refractivity contribution in [2.24, 2.45) is 11.7 Å². The summed E-state index contributed by atoms with van der Waals surface area (Å²) in [6.07, 6.45) is -8.85. The predicted molar refractivity (Wildman–Crippen MR) is 301 cm³/mol. The fourth-order valence-corrected chi connectivity index (χ4v) is 9.97. The average Bonchev–Trinajstić information content (AvgIpc) is 1.80. The zero-order chi connectivity index (χ0) is 60.8. The Morgan fingerprint density at radius 3 is 2.19 bits per heavy atom. The SMILES string of the molecule is CC[C@@]1(O)C(=O)OCc2c1cc1n(c2=O)Cc2c-1nc1ccccc1c2CCN(C(=O)OCc1ccc(NC(=O)[C@H](C)NC(=O)[C@@H](NC(=O)CCOCCOCCOCCOCCN)C(C)C)c(O[C@@H]2O[C@H](CO)[C@H](O)[C@H](O)[C@H]2O)c1)C(C)C. The van der Waals surface area contributed by atoms with Crippen LogP contribution in [0.25, 0.3) is 22.3 Å². The Morgan fingerprint density at radius 1 is 0.857 bits per heavy atom. The molecule has 0 saturated carbocycles. The molecule has 7 rings (SSSR count). The molecule has 4 amide bonds. The number of aliphatic hydroxyl groups excluding tert-OH is 4. The number of esters is 1. The van der Waals surface area contributed by atoms with E-state index in [2.05, 4.69) is 16.0 Å². The van der Waals surface area contributed by atoms with Gasteiger partial charge < -0.3 is 94.6 Å². The maximum absolute atomic E-state index is 14.1. The Morgan fingerprint density at radius 2 is 1.54 bits per heavy atom. The van der Waals surface area contributed by atoms with E-state index < -0.39 is 96.3 Å². The number of fused-ring (bicyclic) bond motifs is 5. The zero-order valence-corrected chi connectivity index (χ0v) is 48.2. The van der Waals surface area contributed by atoms with Crippen LogP contribution in [0.2, 0.25) is 0 Å². The minimum absolute atomic E-state index is 0.0112. The lowest BCUT2D eigenvalue weighted by Gasteiger charge is -2.39. The van der Waals surface area contributed by atoms with Gasteiger partial charge in [0.05, 0.1) is 94.2 Å². The number of anilines is 1. The van der Waals surface area contributed by atoms with Crippen LogP contribution in [0.3, 0.4) is 0 Å². The van der Waals surface area contributed by atoms with E-state index in [9.17, 15) is 54.3 Å². The van der Waals surface area contributed by atoms with Gasteiger partial charge in [0.1, 0.15) is 55.5 Å². The van der Waals surface area contributed by atoms with Crippen molar-refractivity contribution in [1.29, 1.82) is 0 Å². The summed E-state index contributed by atoms with van der Waals surface area (Å²) >= 11 is 0. The maximum Gasteiger partial charge on any atom is 0.410 e. The summed E-state index contributed by atoms with van der Waals surface area (Å²) in [4.78, 5) is 87.7. The van der Waals surface area contributed by atoms with E-state index in [-0.39, 0.29) is 87.6 Å². The van der Waals surface area contributed by atoms with E-state index in [4.69, 9.17) is 48.6 Å². The molecule has 1 fully saturated rings. The summed E-state index contributed by atoms with van der Waals surface area (Å²) in [5.74, 6) is -3.22. The first kappa shape index (κ1) is 64.9. The number of para-hydroxylation sites is 1. The standard InChI is InChI=1S/C58H79N7O19/c1-7-58(76)40-27-43-48-38(28-65(43)54(73)39(40)31-81-56(58)74)36(37-10-8-9-11-41(37)61-48)14-17-64(33(4)5)57(75)82-30-35-12-13-42(44(26-35)83-55-51(70)50(69)49(68)45(29-66)84-55)62-52(71)34(6)60-53(72)47(32(2)3)63-46(67)15-18-77-20-22-79-24-25-80-23-21-78-19-16-59/h8-13,26-27,32-34,45,47,49-51,55,66,68-70,76H,7,14-25,28-31,59H2,1-6H3,(H,60,72)(H,62,71)(H,63,67)/t34-,45+,47-,49-,50-,51+,55+,58-/m0/s1. The van der Waals surface area contributed by atoms with Crippen LogP contribution in [0.1, 0.15) is 82.2 Å². The first-order valence-corrected chi connectivity index (χ1v) is 28.2. The largest absolute Gasteiger partial charge is 0.460 e. The molecule has 26 heteroatoms. The lowest BCUT2D eigenvalue weighted by molar-refractivity contribution is -0.277. The van der Waals surface area contributed by atoms with Crippen molar-refractivity contribution in [3.8, 4) is 17.1 Å². The number of hydrogen-bond acceptors (Lipinski definition) is 21. The Labute approximate surface area is 485 Å². The number of cyclic esters (lactones) is 1. The summed E-state index contributed by atoms with van der Waals surface area (Å²) in [7, 11) is 0. The lowest BCUT2D eigenvalue weighted by atomic mass is 9.86. The highest BCUT2D eigenvalue weighted by molar-refractivity contribution is 5.99. The molecule has 0 spiro atoms. The number of nitrogens with one attached hydrogen (secondary N) is 3. The van der Waals surface area contributed by atoms with Gasteiger partial charge in [0.15, 0.2) is 5.60 Å². The van der Waals surface area contributed by atoms with Crippen molar-refractivity contribution in [1.82, 2.24) is 25.1 Å². The van der Waals surface area contributed by atoms with Crippen LogP contribution < -0.4 is 32.0 Å². The smallest absolute Gasteiger partial charge is 0.410 e. The number of rotatable bonds is 30. The quantitative estimate of drug-likeness (QED) is 0.0227. The van der Waals surface area contributed by atoms with E-state index in [1.165, 1.54) is 30.0 Å². The molecular weight excluding hydrogens is 1100 g/mol. The summed E-state index contributed by atoms with van der Waals surface area (Å²) in [6, 6.07) is 10.8. The number of carbonyl (C=O) groups excluding carboxylic acids is 5. The molecule has 8 atom stereocenters. The molecule has 3 aliphatic heterocycles. The predicted octanol–water partition coefficient (Wildman–Crippen LogP) is 0.847. The normalized spacial score (nSPS) is 20.6. The number of amides is 4. The van der Waals surface area contributed by atoms with Crippen LogP contribution in [0, 0.1) is 5.92 Å². The van der Waals surface area contributed by atoms with Crippen molar-refractivity contribution in [3.63, 3.8) is 0 Å². The molecule has 10 N–H and O–H groups in total. The molecule has 0 unspecified atom stereocenters. The van der Waals surface area contributed by atoms with Crippen molar-refractivity contribution < 1.29 is 87.4 Å². The van der Waals surface area contributed by atoms with Crippen molar-refractivity contribution in [2.45, 2.75) is 135 Å². The fourth-order valence-electron chi connectivity index (χ4n) is 9.97. The molecule has 0 radical (unpaired) electrons. The van der Waals surface area contributed by atoms with E-state index in [1.807, 2.05) is 38.1 Å². The van der Waals surface area contributed by atoms with Crippen LogP contribution in [-0.2, 0) is 84.1 Å². The topological polar surface area (TPSA) is 361 Å².